The van der Waals surface area contributed by atoms with Crippen molar-refractivity contribution in [3.63, 3.8) is 0 Å². The Morgan fingerprint density at radius 2 is 1.57 bits per heavy atom. The van der Waals surface area contributed by atoms with E-state index in [0.29, 0.717) is 45.3 Å². The molecule has 0 saturated carbocycles. The maximum absolute atomic E-state index is 13.0. The van der Waals surface area contributed by atoms with Gasteiger partial charge in [-0.25, -0.2) is 9.48 Å². The van der Waals surface area contributed by atoms with Crippen LogP contribution in [0, 0.1) is 0 Å². The molecule has 1 aliphatic carbocycles. The SMILES string of the molecule is CCNC(=O)CCCCCn1nnc2c1-c1ccccc1C(OC(=O)NCCCCCC(=O)NCCO)Cc1ccccc1-2. The summed E-state index contributed by atoms with van der Waals surface area (Å²) >= 11 is 0. The van der Waals surface area contributed by atoms with E-state index in [0.717, 1.165) is 65.7 Å². The third-order valence-corrected chi connectivity index (χ3v) is 7.66. The van der Waals surface area contributed by atoms with Crippen LogP contribution in [0.5, 0.6) is 0 Å². The predicted octanol–water partition coefficient (Wildman–Crippen LogP) is 4.30. The van der Waals surface area contributed by atoms with E-state index in [2.05, 4.69) is 26.3 Å². The van der Waals surface area contributed by atoms with Crippen LogP contribution in [-0.4, -0.2) is 64.2 Å². The molecule has 3 aromatic rings. The predicted molar refractivity (Wildman–Crippen MR) is 168 cm³/mol. The summed E-state index contributed by atoms with van der Waals surface area (Å²) in [7, 11) is 0. The molecule has 0 aliphatic heterocycles. The quantitative estimate of drug-likeness (QED) is 0.178. The van der Waals surface area contributed by atoms with E-state index in [-0.39, 0.29) is 25.0 Å². The van der Waals surface area contributed by atoms with Crippen molar-refractivity contribution in [3.8, 4) is 22.5 Å². The molecule has 236 valence electrons. The van der Waals surface area contributed by atoms with Gasteiger partial charge in [-0.05, 0) is 38.2 Å². The Hall–Kier alpha value is -4.25. The average molecular weight is 605 g/mol. The van der Waals surface area contributed by atoms with Crippen molar-refractivity contribution >= 4 is 17.9 Å². The topological polar surface area (TPSA) is 147 Å². The van der Waals surface area contributed by atoms with Crippen molar-refractivity contribution in [2.24, 2.45) is 0 Å². The number of carbonyl (C=O) groups is 3. The van der Waals surface area contributed by atoms with Gasteiger partial charge in [0, 0.05) is 62.1 Å². The van der Waals surface area contributed by atoms with Crippen molar-refractivity contribution in [1.82, 2.24) is 30.9 Å². The van der Waals surface area contributed by atoms with E-state index in [1.807, 2.05) is 60.1 Å². The summed E-state index contributed by atoms with van der Waals surface area (Å²) in [6, 6.07) is 16.0. The van der Waals surface area contributed by atoms with Gasteiger partial charge in [0.15, 0.2) is 0 Å². The number of fused-ring (bicyclic) bond motifs is 5. The summed E-state index contributed by atoms with van der Waals surface area (Å²) in [6.45, 7) is 3.86. The Kier molecular flexibility index (Phi) is 12.7. The van der Waals surface area contributed by atoms with E-state index in [9.17, 15) is 14.4 Å². The molecule has 0 saturated heterocycles. The summed E-state index contributed by atoms with van der Waals surface area (Å²) in [5, 5.41) is 26.3. The maximum atomic E-state index is 13.0. The molecule has 1 unspecified atom stereocenters. The lowest BCUT2D eigenvalue weighted by Gasteiger charge is -2.25. The van der Waals surface area contributed by atoms with Crippen LogP contribution in [0.2, 0.25) is 0 Å². The number of aromatic nitrogens is 3. The Bertz CT molecular complexity index is 1390. The highest BCUT2D eigenvalue weighted by atomic mass is 16.6. The molecule has 1 atom stereocenters. The molecule has 4 N–H and O–H groups in total. The highest BCUT2D eigenvalue weighted by molar-refractivity contribution is 5.83. The minimum absolute atomic E-state index is 0.0714. The number of aryl methyl sites for hydroxylation is 1. The zero-order valence-corrected chi connectivity index (χ0v) is 25.5. The number of carbonyl (C=O) groups excluding carboxylic acids is 3. The van der Waals surface area contributed by atoms with Gasteiger partial charge < -0.3 is 25.8 Å². The summed E-state index contributed by atoms with van der Waals surface area (Å²) < 4.78 is 7.99. The van der Waals surface area contributed by atoms with Crippen LogP contribution in [0.1, 0.15) is 75.5 Å². The Morgan fingerprint density at radius 3 is 2.34 bits per heavy atom. The third kappa shape index (κ3) is 9.12. The molecule has 1 aromatic heterocycles. The number of rotatable bonds is 16. The average Bonchev–Trinajstić information content (AvgIpc) is 3.44. The van der Waals surface area contributed by atoms with Gasteiger partial charge in [0.2, 0.25) is 11.8 Å². The van der Waals surface area contributed by atoms with E-state index < -0.39 is 12.2 Å². The largest absolute Gasteiger partial charge is 0.441 e. The molecule has 1 aliphatic rings. The molecule has 0 spiro atoms. The number of nitrogens with zero attached hydrogens (tertiary/aromatic N) is 3. The summed E-state index contributed by atoms with van der Waals surface area (Å²) in [6.07, 6.45) is 5.19. The molecule has 11 heteroatoms. The molecule has 11 nitrogen and oxygen atoms in total. The fraction of sp³-hybridized carbons (Fsp3) is 0.485. The molecular formula is C33H44N6O5. The van der Waals surface area contributed by atoms with E-state index in [4.69, 9.17) is 9.84 Å². The molecule has 44 heavy (non-hydrogen) atoms. The van der Waals surface area contributed by atoms with Gasteiger partial charge >= 0.3 is 6.09 Å². The lowest BCUT2D eigenvalue weighted by molar-refractivity contribution is -0.122. The minimum Gasteiger partial charge on any atom is -0.441 e. The smallest absolute Gasteiger partial charge is 0.407 e. The Labute approximate surface area is 258 Å². The van der Waals surface area contributed by atoms with Crippen molar-refractivity contribution in [2.45, 2.75) is 77.4 Å². The van der Waals surface area contributed by atoms with Gasteiger partial charge in [0.05, 0.1) is 12.3 Å². The van der Waals surface area contributed by atoms with Gasteiger partial charge in [-0.15, -0.1) is 5.10 Å². The van der Waals surface area contributed by atoms with Crippen LogP contribution >= 0.6 is 0 Å². The van der Waals surface area contributed by atoms with Crippen LogP contribution in [-0.2, 0) is 27.3 Å². The van der Waals surface area contributed by atoms with Crippen LogP contribution in [0.25, 0.3) is 22.5 Å². The van der Waals surface area contributed by atoms with Crippen molar-refractivity contribution in [2.75, 3.05) is 26.2 Å². The number of hydrogen-bond acceptors (Lipinski definition) is 7. The number of nitrogens with one attached hydrogen (secondary N) is 3. The number of benzene rings is 2. The summed E-state index contributed by atoms with van der Waals surface area (Å²) in [5.41, 5.74) is 5.52. The summed E-state index contributed by atoms with van der Waals surface area (Å²) in [5.74, 6) is 0.00382. The first-order chi connectivity index (χ1) is 21.5. The first-order valence-electron chi connectivity index (χ1n) is 15.7. The van der Waals surface area contributed by atoms with Crippen LogP contribution in [0.3, 0.4) is 0 Å². The number of aliphatic hydroxyl groups excluding tert-OH is 1. The zero-order chi connectivity index (χ0) is 31.1. The third-order valence-electron chi connectivity index (χ3n) is 7.66. The molecule has 4 rings (SSSR count). The van der Waals surface area contributed by atoms with Gasteiger partial charge in [0.1, 0.15) is 11.8 Å². The highest BCUT2D eigenvalue weighted by Gasteiger charge is 2.29. The highest BCUT2D eigenvalue weighted by Crippen LogP contribution is 2.41. The number of ether oxygens (including phenoxy) is 1. The molecule has 0 bridgehead atoms. The van der Waals surface area contributed by atoms with E-state index >= 15 is 0 Å². The van der Waals surface area contributed by atoms with Crippen LogP contribution in [0.15, 0.2) is 48.5 Å². The van der Waals surface area contributed by atoms with Crippen LogP contribution in [0.4, 0.5) is 4.79 Å². The number of alkyl carbamates (subject to hydrolysis) is 1. The van der Waals surface area contributed by atoms with Gasteiger partial charge in [-0.3, -0.25) is 9.59 Å². The van der Waals surface area contributed by atoms with Crippen molar-refractivity contribution in [1.29, 1.82) is 0 Å². The fourth-order valence-electron chi connectivity index (χ4n) is 5.50. The van der Waals surface area contributed by atoms with Gasteiger partial charge in [-0.1, -0.05) is 66.6 Å². The van der Waals surface area contributed by atoms with E-state index in [1.54, 1.807) is 0 Å². The number of hydrogen-bond donors (Lipinski definition) is 4. The molecule has 3 amide bonds. The lowest BCUT2D eigenvalue weighted by Crippen LogP contribution is -2.28. The second-order valence-corrected chi connectivity index (χ2v) is 10.9. The number of unbranched alkanes of at least 4 members (excludes halogenated alkanes) is 4. The fourth-order valence-corrected chi connectivity index (χ4v) is 5.50. The molecular weight excluding hydrogens is 560 g/mol. The second kappa shape index (κ2) is 17.1. The molecule has 1 heterocycles. The molecule has 2 aromatic carbocycles. The van der Waals surface area contributed by atoms with Gasteiger partial charge in [0.25, 0.3) is 0 Å². The maximum Gasteiger partial charge on any atom is 0.407 e. The minimum atomic E-state index is -0.517. The standard InChI is InChI=1S/C33H44N6O5/c1-2-34-29(41)17-6-4-12-21-39-32-27-16-10-9-15-26(27)28(23-24-13-7-8-14-25(24)31(32)37-38-39)44-33(43)36-19-11-3-5-18-30(42)35-20-22-40/h7-10,13-16,28,40H,2-6,11-12,17-23H2,1H3,(H,34,41)(H,35,42)(H,36,43). The van der Waals surface area contributed by atoms with Crippen molar-refractivity contribution in [3.05, 3.63) is 59.7 Å². The summed E-state index contributed by atoms with van der Waals surface area (Å²) in [4.78, 5) is 36.4. The Morgan fingerprint density at radius 1 is 0.864 bits per heavy atom. The Balaban J connectivity index is 1.44. The molecule has 0 fully saturated rings. The molecule has 0 radical (unpaired) electrons. The number of amides is 3. The monoisotopic (exact) mass is 604 g/mol. The van der Waals surface area contributed by atoms with Crippen LogP contribution < -0.4 is 16.0 Å². The van der Waals surface area contributed by atoms with Crippen molar-refractivity contribution < 1.29 is 24.2 Å². The lowest BCUT2D eigenvalue weighted by atomic mass is 9.87. The zero-order valence-electron chi connectivity index (χ0n) is 25.5. The number of aliphatic hydroxyl groups is 1. The van der Waals surface area contributed by atoms with Gasteiger partial charge in [-0.2, -0.15) is 0 Å². The normalized spacial score (nSPS) is 13.5. The first kappa shape index (κ1) is 32.7. The first-order valence-corrected chi connectivity index (χ1v) is 15.7. The van der Waals surface area contributed by atoms with E-state index in [1.165, 1.54) is 0 Å². The second-order valence-electron chi connectivity index (χ2n) is 10.9.